The highest BCUT2D eigenvalue weighted by molar-refractivity contribution is 5.85. The SMILES string of the molecule is CCOc1ccc([C@@H]2C3=C(Nc4ncnn42)c2cc(C)ccc2O[C@H]3c2ccccc2OC)cc1OC. The van der Waals surface area contributed by atoms with Crippen molar-refractivity contribution in [2.45, 2.75) is 26.0 Å². The molecule has 0 saturated heterocycles. The van der Waals surface area contributed by atoms with Crippen LogP contribution in [0.4, 0.5) is 5.95 Å². The molecule has 0 aliphatic carbocycles. The number of hydrogen-bond donors (Lipinski definition) is 1. The van der Waals surface area contributed by atoms with Gasteiger partial charge >= 0.3 is 0 Å². The summed E-state index contributed by atoms with van der Waals surface area (Å²) in [5.74, 6) is 3.55. The zero-order valence-corrected chi connectivity index (χ0v) is 21.2. The Morgan fingerprint density at radius 2 is 1.81 bits per heavy atom. The topological polar surface area (TPSA) is 79.7 Å². The number of fused-ring (bicyclic) bond motifs is 3. The predicted octanol–water partition coefficient (Wildman–Crippen LogP) is 5.56. The van der Waals surface area contributed by atoms with Crippen molar-refractivity contribution in [3.05, 3.63) is 94.8 Å². The minimum Gasteiger partial charge on any atom is -0.496 e. The van der Waals surface area contributed by atoms with Crippen molar-refractivity contribution in [1.29, 1.82) is 0 Å². The molecule has 2 aliphatic rings. The molecule has 0 fully saturated rings. The monoisotopic (exact) mass is 496 g/mol. The molecule has 3 aromatic carbocycles. The second-order valence-electron chi connectivity index (χ2n) is 8.97. The van der Waals surface area contributed by atoms with Crippen molar-refractivity contribution in [1.82, 2.24) is 14.8 Å². The minimum absolute atomic E-state index is 0.318. The molecule has 0 bridgehead atoms. The molecule has 37 heavy (non-hydrogen) atoms. The van der Waals surface area contributed by atoms with E-state index in [9.17, 15) is 0 Å². The van der Waals surface area contributed by atoms with E-state index in [1.165, 1.54) is 0 Å². The van der Waals surface area contributed by atoms with Crippen molar-refractivity contribution < 1.29 is 18.9 Å². The van der Waals surface area contributed by atoms with E-state index in [0.29, 0.717) is 24.1 Å². The van der Waals surface area contributed by atoms with Gasteiger partial charge in [0.2, 0.25) is 5.95 Å². The van der Waals surface area contributed by atoms with Gasteiger partial charge in [-0.2, -0.15) is 10.1 Å². The molecule has 2 aliphatic heterocycles. The summed E-state index contributed by atoms with van der Waals surface area (Å²) in [7, 11) is 3.33. The van der Waals surface area contributed by atoms with E-state index >= 15 is 0 Å². The number of hydrogen-bond acceptors (Lipinski definition) is 7. The third kappa shape index (κ3) is 3.76. The lowest BCUT2D eigenvalue weighted by Crippen LogP contribution is -2.32. The highest BCUT2D eigenvalue weighted by Crippen LogP contribution is 2.52. The van der Waals surface area contributed by atoms with Crippen LogP contribution in [0, 0.1) is 6.92 Å². The summed E-state index contributed by atoms with van der Waals surface area (Å²) >= 11 is 0. The summed E-state index contributed by atoms with van der Waals surface area (Å²) < 4.78 is 25.9. The molecule has 1 N–H and O–H groups in total. The first-order valence-electron chi connectivity index (χ1n) is 12.2. The molecule has 188 valence electrons. The summed E-state index contributed by atoms with van der Waals surface area (Å²) in [6.45, 7) is 4.58. The van der Waals surface area contributed by atoms with E-state index in [4.69, 9.17) is 18.9 Å². The van der Waals surface area contributed by atoms with Crippen molar-refractivity contribution in [3.8, 4) is 23.0 Å². The summed E-state index contributed by atoms with van der Waals surface area (Å²) in [5.41, 5.74) is 5.99. The molecule has 0 amide bonds. The Labute approximate surface area is 215 Å². The van der Waals surface area contributed by atoms with Crippen LogP contribution in [0.5, 0.6) is 23.0 Å². The summed E-state index contributed by atoms with van der Waals surface area (Å²) in [4.78, 5) is 4.53. The first kappa shape index (κ1) is 23.0. The summed E-state index contributed by atoms with van der Waals surface area (Å²) in [6, 6.07) is 19.8. The molecule has 0 unspecified atom stereocenters. The van der Waals surface area contributed by atoms with Gasteiger partial charge in [-0.1, -0.05) is 35.9 Å². The third-order valence-corrected chi connectivity index (χ3v) is 6.79. The van der Waals surface area contributed by atoms with Crippen LogP contribution in [-0.4, -0.2) is 35.6 Å². The molecule has 0 saturated carbocycles. The van der Waals surface area contributed by atoms with Gasteiger partial charge in [0, 0.05) is 16.7 Å². The second kappa shape index (κ2) is 9.20. The molecule has 8 heteroatoms. The van der Waals surface area contributed by atoms with Gasteiger partial charge in [-0.25, -0.2) is 4.68 Å². The fraction of sp³-hybridized carbons (Fsp3) is 0.241. The third-order valence-electron chi connectivity index (χ3n) is 6.79. The van der Waals surface area contributed by atoms with Gasteiger partial charge in [0.25, 0.3) is 0 Å². The quantitative estimate of drug-likeness (QED) is 0.374. The minimum atomic E-state index is -0.436. The normalized spacial score (nSPS) is 17.6. The molecule has 4 aromatic rings. The number of benzene rings is 3. The fourth-order valence-corrected chi connectivity index (χ4v) is 5.17. The average molecular weight is 497 g/mol. The van der Waals surface area contributed by atoms with Gasteiger partial charge in [-0.3, -0.25) is 0 Å². The van der Waals surface area contributed by atoms with Gasteiger partial charge in [-0.15, -0.1) is 0 Å². The van der Waals surface area contributed by atoms with E-state index < -0.39 is 6.10 Å². The highest BCUT2D eigenvalue weighted by Gasteiger charge is 2.42. The van der Waals surface area contributed by atoms with Crippen LogP contribution in [0.15, 0.2) is 72.6 Å². The number of nitrogens with zero attached hydrogens (tertiary/aromatic N) is 3. The van der Waals surface area contributed by atoms with Crippen molar-refractivity contribution in [2.24, 2.45) is 0 Å². The molecule has 0 radical (unpaired) electrons. The maximum Gasteiger partial charge on any atom is 0.226 e. The maximum atomic E-state index is 6.75. The fourth-order valence-electron chi connectivity index (χ4n) is 5.17. The van der Waals surface area contributed by atoms with Gasteiger partial charge in [0.05, 0.1) is 26.5 Å². The Hall–Kier alpha value is -4.46. The van der Waals surface area contributed by atoms with E-state index in [0.717, 1.165) is 45.0 Å². The van der Waals surface area contributed by atoms with Crippen LogP contribution in [0.3, 0.4) is 0 Å². The van der Waals surface area contributed by atoms with Crippen molar-refractivity contribution >= 4 is 11.6 Å². The first-order chi connectivity index (χ1) is 18.1. The molecular weight excluding hydrogens is 468 g/mol. The van der Waals surface area contributed by atoms with Crippen LogP contribution in [-0.2, 0) is 0 Å². The summed E-state index contributed by atoms with van der Waals surface area (Å²) in [5, 5.41) is 8.17. The standard InChI is InChI=1S/C29H28N4O4/c1-5-36-23-13-11-18(15-24(23)35-4)27-25-26(32-29-30-16-31-33(27)29)20-14-17(2)10-12-22(20)37-28(25)19-8-6-7-9-21(19)34-3/h6-16,27-28H,5H2,1-4H3,(H,30,31,32)/t27-,28+/m1/s1. The molecule has 0 spiro atoms. The molecule has 8 nitrogen and oxygen atoms in total. The van der Waals surface area contributed by atoms with Crippen molar-refractivity contribution in [3.63, 3.8) is 0 Å². The molecule has 2 atom stereocenters. The van der Waals surface area contributed by atoms with Crippen LogP contribution >= 0.6 is 0 Å². The Morgan fingerprint density at radius 3 is 2.62 bits per heavy atom. The Morgan fingerprint density at radius 1 is 0.973 bits per heavy atom. The zero-order valence-electron chi connectivity index (χ0n) is 21.2. The number of ether oxygens (including phenoxy) is 4. The number of aryl methyl sites for hydroxylation is 1. The highest BCUT2D eigenvalue weighted by atomic mass is 16.5. The molecular formula is C29H28N4O4. The predicted molar refractivity (Wildman–Crippen MR) is 140 cm³/mol. The first-order valence-corrected chi connectivity index (χ1v) is 12.2. The summed E-state index contributed by atoms with van der Waals surface area (Å²) in [6.07, 6.45) is 1.13. The van der Waals surface area contributed by atoms with Crippen LogP contribution in [0.25, 0.3) is 5.70 Å². The number of rotatable bonds is 6. The number of para-hydroxylation sites is 1. The smallest absolute Gasteiger partial charge is 0.226 e. The van der Waals surface area contributed by atoms with E-state index in [1.807, 2.05) is 60.1 Å². The number of anilines is 1. The number of aromatic nitrogens is 3. The van der Waals surface area contributed by atoms with Gasteiger partial charge < -0.3 is 24.3 Å². The van der Waals surface area contributed by atoms with Crippen LogP contribution < -0.4 is 24.3 Å². The van der Waals surface area contributed by atoms with Crippen molar-refractivity contribution in [2.75, 3.05) is 26.1 Å². The Balaban J connectivity index is 1.62. The van der Waals surface area contributed by atoms with Crippen LogP contribution in [0.1, 0.15) is 41.3 Å². The lowest BCUT2D eigenvalue weighted by molar-refractivity contribution is 0.217. The average Bonchev–Trinajstić information content (AvgIpc) is 3.40. The Kier molecular flexibility index (Phi) is 5.71. The molecule has 1 aromatic heterocycles. The van der Waals surface area contributed by atoms with Gasteiger partial charge in [0.1, 0.15) is 23.9 Å². The largest absolute Gasteiger partial charge is 0.496 e. The van der Waals surface area contributed by atoms with Crippen LogP contribution in [0.2, 0.25) is 0 Å². The lowest BCUT2D eigenvalue weighted by Gasteiger charge is -2.39. The molecule has 6 rings (SSSR count). The van der Waals surface area contributed by atoms with E-state index in [2.05, 4.69) is 34.5 Å². The van der Waals surface area contributed by atoms with E-state index in [-0.39, 0.29) is 6.04 Å². The number of nitrogens with one attached hydrogen (secondary N) is 1. The van der Waals surface area contributed by atoms with Gasteiger partial charge in [0.15, 0.2) is 17.6 Å². The maximum absolute atomic E-state index is 6.75. The lowest BCUT2D eigenvalue weighted by atomic mass is 9.84. The molecule has 3 heterocycles. The second-order valence-corrected chi connectivity index (χ2v) is 8.97. The Bertz CT molecular complexity index is 1510. The van der Waals surface area contributed by atoms with E-state index in [1.54, 1.807) is 20.5 Å². The zero-order chi connectivity index (χ0) is 25.5. The number of methoxy groups -OCH3 is 2. The van der Waals surface area contributed by atoms with Gasteiger partial charge in [-0.05, 0) is 49.7 Å².